The van der Waals surface area contributed by atoms with E-state index >= 15 is 0 Å². The van der Waals surface area contributed by atoms with Crippen molar-refractivity contribution in [3.8, 4) is 5.75 Å². The van der Waals surface area contributed by atoms with Gasteiger partial charge in [0.2, 0.25) is 5.91 Å². The highest BCUT2D eigenvalue weighted by atomic mass is 35.5. The second kappa shape index (κ2) is 8.88. The third kappa shape index (κ3) is 4.94. The van der Waals surface area contributed by atoms with Crippen LogP contribution in [-0.2, 0) is 14.8 Å². The van der Waals surface area contributed by atoms with Gasteiger partial charge in [-0.15, -0.1) is 0 Å². The zero-order chi connectivity index (χ0) is 22.2. The number of sulfonamides is 1. The third-order valence-electron chi connectivity index (χ3n) is 6.26. The first kappa shape index (κ1) is 22.2. The fourth-order valence-corrected chi connectivity index (χ4v) is 6.24. The number of methoxy groups -OCH3 is 1. The number of hydrogen-bond acceptors (Lipinski definition) is 4. The van der Waals surface area contributed by atoms with Crippen LogP contribution >= 0.6 is 23.2 Å². The molecule has 2 aliphatic rings. The zero-order valence-corrected chi connectivity index (χ0v) is 19.4. The van der Waals surface area contributed by atoms with E-state index in [1.54, 1.807) is 18.2 Å². The molecule has 2 bridgehead atoms. The van der Waals surface area contributed by atoms with Gasteiger partial charge < -0.3 is 10.1 Å². The van der Waals surface area contributed by atoms with Crippen LogP contribution in [0, 0.1) is 17.8 Å². The molecule has 0 unspecified atom stereocenters. The maximum Gasteiger partial charge on any atom is 0.262 e. The van der Waals surface area contributed by atoms with Crippen LogP contribution in [0.25, 0.3) is 0 Å². The molecule has 0 aromatic heterocycles. The highest BCUT2D eigenvalue weighted by Crippen LogP contribution is 2.49. The maximum atomic E-state index is 12.8. The molecule has 31 heavy (non-hydrogen) atoms. The van der Waals surface area contributed by atoms with Crippen molar-refractivity contribution in [2.24, 2.45) is 17.8 Å². The van der Waals surface area contributed by atoms with Gasteiger partial charge in [-0.3, -0.25) is 9.52 Å². The number of halogens is 2. The molecule has 4 rings (SSSR count). The minimum Gasteiger partial charge on any atom is -0.495 e. The fourth-order valence-electron chi connectivity index (χ4n) is 4.79. The molecule has 0 spiro atoms. The van der Waals surface area contributed by atoms with Gasteiger partial charge >= 0.3 is 0 Å². The molecule has 0 heterocycles. The molecule has 2 aromatic carbocycles. The van der Waals surface area contributed by atoms with Gasteiger partial charge in [-0.25, -0.2) is 8.42 Å². The predicted molar refractivity (Wildman–Crippen MR) is 122 cm³/mol. The fraction of sp³-hybridized carbons (Fsp3) is 0.409. The number of carbonyl (C=O) groups excluding carboxylic acids is 1. The molecule has 6 nitrogen and oxygen atoms in total. The van der Waals surface area contributed by atoms with Crippen LogP contribution in [-0.4, -0.2) is 21.4 Å². The second-order valence-electron chi connectivity index (χ2n) is 8.28. The van der Waals surface area contributed by atoms with Gasteiger partial charge in [0.1, 0.15) is 5.75 Å². The SMILES string of the molecule is COc1ccc(NC(=O)C[C@@H]2C[C@@H]3CC[C@H]2C3)cc1NS(=O)(=O)c1ccc(Cl)c(Cl)c1. The summed E-state index contributed by atoms with van der Waals surface area (Å²) in [6.45, 7) is 0. The number of benzene rings is 2. The van der Waals surface area contributed by atoms with Crippen molar-refractivity contribution in [2.45, 2.75) is 37.0 Å². The number of anilines is 2. The molecular weight excluding hydrogens is 459 g/mol. The molecule has 0 saturated heterocycles. The van der Waals surface area contributed by atoms with E-state index in [1.807, 2.05) is 0 Å². The Kier molecular flexibility index (Phi) is 6.37. The summed E-state index contributed by atoms with van der Waals surface area (Å²) in [6, 6.07) is 8.91. The lowest BCUT2D eigenvalue weighted by molar-refractivity contribution is -0.117. The lowest BCUT2D eigenvalue weighted by Gasteiger charge is -2.21. The summed E-state index contributed by atoms with van der Waals surface area (Å²) in [5.41, 5.74) is 0.715. The van der Waals surface area contributed by atoms with Crippen LogP contribution in [0.5, 0.6) is 5.75 Å². The van der Waals surface area contributed by atoms with E-state index in [4.69, 9.17) is 27.9 Å². The third-order valence-corrected chi connectivity index (χ3v) is 8.36. The topological polar surface area (TPSA) is 84.5 Å². The van der Waals surface area contributed by atoms with Crippen LogP contribution < -0.4 is 14.8 Å². The average Bonchev–Trinajstić information content (AvgIpc) is 3.33. The summed E-state index contributed by atoms with van der Waals surface area (Å²) in [4.78, 5) is 12.5. The summed E-state index contributed by atoms with van der Waals surface area (Å²) in [5.74, 6) is 2.17. The number of hydrogen-bond donors (Lipinski definition) is 2. The van der Waals surface area contributed by atoms with Gasteiger partial charge in [0.05, 0.1) is 27.7 Å². The van der Waals surface area contributed by atoms with Gasteiger partial charge in [-0.1, -0.05) is 29.6 Å². The highest BCUT2D eigenvalue weighted by Gasteiger charge is 2.40. The van der Waals surface area contributed by atoms with Crippen LogP contribution in [0.1, 0.15) is 32.1 Å². The average molecular weight is 483 g/mol. The number of amides is 1. The van der Waals surface area contributed by atoms with Gasteiger partial charge in [0.15, 0.2) is 0 Å². The van der Waals surface area contributed by atoms with Crippen LogP contribution in [0.2, 0.25) is 10.0 Å². The lowest BCUT2D eigenvalue weighted by atomic mass is 9.86. The predicted octanol–water partition coefficient (Wildman–Crippen LogP) is 5.57. The van der Waals surface area contributed by atoms with Crippen molar-refractivity contribution in [2.75, 3.05) is 17.1 Å². The Morgan fingerprint density at radius 1 is 1.10 bits per heavy atom. The Morgan fingerprint density at radius 3 is 2.55 bits per heavy atom. The number of rotatable bonds is 7. The number of nitrogens with one attached hydrogen (secondary N) is 2. The van der Waals surface area contributed by atoms with Gasteiger partial charge in [-0.2, -0.15) is 0 Å². The van der Waals surface area contributed by atoms with E-state index in [0.717, 1.165) is 12.3 Å². The van der Waals surface area contributed by atoms with Gasteiger partial charge in [0.25, 0.3) is 10.0 Å². The van der Waals surface area contributed by atoms with Gasteiger partial charge in [-0.05, 0) is 73.4 Å². The molecule has 1 amide bonds. The first-order valence-corrected chi connectivity index (χ1v) is 12.4. The first-order chi connectivity index (χ1) is 14.7. The quantitative estimate of drug-likeness (QED) is 0.540. The van der Waals surface area contributed by atoms with E-state index < -0.39 is 10.0 Å². The van der Waals surface area contributed by atoms with E-state index in [2.05, 4.69) is 10.0 Å². The highest BCUT2D eigenvalue weighted by molar-refractivity contribution is 7.92. The molecule has 0 radical (unpaired) electrons. The Bertz CT molecular complexity index is 1110. The minimum atomic E-state index is -3.94. The Hall–Kier alpha value is -1.96. The summed E-state index contributed by atoms with van der Waals surface area (Å²) in [5, 5.41) is 3.29. The summed E-state index contributed by atoms with van der Waals surface area (Å²) >= 11 is 11.8. The molecule has 3 atom stereocenters. The van der Waals surface area contributed by atoms with Crippen molar-refractivity contribution in [3.05, 3.63) is 46.4 Å². The zero-order valence-electron chi connectivity index (χ0n) is 17.0. The molecule has 2 N–H and O–H groups in total. The molecule has 2 aromatic rings. The molecule has 2 saturated carbocycles. The Balaban J connectivity index is 1.49. The number of fused-ring (bicyclic) bond motifs is 2. The molecule has 9 heteroatoms. The molecule has 166 valence electrons. The van der Waals surface area contributed by atoms with E-state index in [0.29, 0.717) is 29.7 Å². The van der Waals surface area contributed by atoms with Crippen molar-refractivity contribution in [1.29, 1.82) is 0 Å². The number of ether oxygens (including phenoxy) is 1. The van der Waals surface area contributed by atoms with Crippen LogP contribution in [0.3, 0.4) is 0 Å². The minimum absolute atomic E-state index is 0.0327. The van der Waals surface area contributed by atoms with Crippen molar-refractivity contribution in [1.82, 2.24) is 0 Å². The monoisotopic (exact) mass is 482 g/mol. The molecule has 2 fully saturated rings. The maximum absolute atomic E-state index is 12.8. The normalized spacial score (nSPS) is 22.4. The van der Waals surface area contributed by atoms with Crippen molar-refractivity contribution >= 4 is 50.5 Å². The largest absolute Gasteiger partial charge is 0.495 e. The van der Waals surface area contributed by atoms with Crippen molar-refractivity contribution < 1.29 is 17.9 Å². The van der Waals surface area contributed by atoms with E-state index in [9.17, 15) is 13.2 Å². The van der Waals surface area contributed by atoms with E-state index in [1.165, 1.54) is 44.6 Å². The van der Waals surface area contributed by atoms with Crippen LogP contribution in [0.4, 0.5) is 11.4 Å². The standard InChI is InChI=1S/C22H24Cl2N2O4S/c1-30-21-7-4-16(25-22(27)10-15-9-13-2-3-14(15)8-13)11-20(21)26-31(28,29)17-5-6-18(23)19(24)12-17/h4-7,11-15,26H,2-3,8-10H2,1H3,(H,25,27)/t13-,14+,15+/m1/s1. The Morgan fingerprint density at radius 2 is 1.90 bits per heavy atom. The van der Waals surface area contributed by atoms with Gasteiger partial charge in [0, 0.05) is 12.1 Å². The summed E-state index contributed by atoms with van der Waals surface area (Å²) in [6.07, 6.45) is 5.41. The lowest BCUT2D eigenvalue weighted by Crippen LogP contribution is -2.20. The van der Waals surface area contributed by atoms with Crippen molar-refractivity contribution in [3.63, 3.8) is 0 Å². The molecule has 2 aliphatic carbocycles. The first-order valence-electron chi connectivity index (χ1n) is 10.2. The summed E-state index contributed by atoms with van der Waals surface area (Å²) in [7, 11) is -2.50. The second-order valence-corrected chi connectivity index (χ2v) is 10.8. The Labute approximate surface area is 192 Å². The molecular formula is C22H24Cl2N2O4S. The molecule has 0 aliphatic heterocycles. The number of carbonyl (C=O) groups is 1. The van der Waals surface area contributed by atoms with Crippen LogP contribution in [0.15, 0.2) is 41.3 Å². The summed E-state index contributed by atoms with van der Waals surface area (Å²) < 4.78 is 33.4. The smallest absolute Gasteiger partial charge is 0.262 e. The van der Waals surface area contributed by atoms with E-state index in [-0.39, 0.29) is 26.5 Å².